The van der Waals surface area contributed by atoms with Crippen molar-refractivity contribution in [3.63, 3.8) is 0 Å². The number of nitrogens with one attached hydrogen (secondary N) is 2. The predicted molar refractivity (Wildman–Crippen MR) is 121 cm³/mol. The number of fused-ring (bicyclic) bond motifs is 1. The number of halogens is 2. The molecule has 4 nitrogen and oxygen atoms in total. The topological polar surface area (TPSA) is 48.1 Å². The molecular weight excluding hydrogens is 401 g/mol. The lowest BCUT2D eigenvalue weighted by molar-refractivity contribution is 0.102. The van der Waals surface area contributed by atoms with Crippen LogP contribution in [0.25, 0.3) is 10.9 Å². The maximum absolute atomic E-state index is 14.1. The van der Waals surface area contributed by atoms with E-state index in [0.29, 0.717) is 39.3 Å². The lowest BCUT2D eigenvalue weighted by Gasteiger charge is -2.33. The molecule has 1 aliphatic carbocycles. The van der Waals surface area contributed by atoms with Gasteiger partial charge in [-0.3, -0.25) is 4.79 Å². The van der Waals surface area contributed by atoms with Gasteiger partial charge in [0.25, 0.3) is 5.91 Å². The van der Waals surface area contributed by atoms with Crippen molar-refractivity contribution in [1.29, 1.82) is 0 Å². The van der Waals surface area contributed by atoms with Crippen LogP contribution in [0.2, 0.25) is 5.02 Å². The molecule has 30 heavy (non-hydrogen) atoms. The minimum Gasteiger partial charge on any atom is -0.350 e. The Labute approximate surface area is 181 Å². The van der Waals surface area contributed by atoms with Crippen molar-refractivity contribution in [1.82, 2.24) is 9.88 Å². The Morgan fingerprint density at radius 3 is 2.53 bits per heavy atom. The summed E-state index contributed by atoms with van der Waals surface area (Å²) in [7, 11) is 4.27. The Hall–Kier alpha value is -2.37. The lowest BCUT2D eigenvalue weighted by Crippen LogP contribution is -2.31. The molecule has 1 fully saturated rings. The van der Waals surface area contributed by atoms with Crippen molar-refractivity contribution in [2.24, 2.45) is 0 Å². The van der Waals surface area contributed by atoms with Gasteiger partial charge >= 0.3 is 0 Å². The number of anilines is 1. The molecule has 0 spiro atoms. The number of nitrogens with zero attached hydrogens (tertiary/aromatic N) is 1. The number of carbonyl (C=O) groups excluding carboxylic acids is 1. The van der Waals surface area contributed by atoms with Gasteiger partial charge in [0.2, 0.25) is 0 Å². The molecule has 0 unspecified atom stereocenters. The number of rotatable bonds is 4. The molecule has 0 bridgehead atoms. The Kier molecular flexibility index (Phi) is 5.85. The number of hydrogen-bond acceptors (Lipinski definition) is 2. The zero-order valence-electron chi connectivity index (χ0n) is 17.6. The minimum atomic E-state index is -0.343. The third kappa shape index (κ3) is 4.23. The summed E-state index contributed by atoms with van der Waals surface area (Å²) in [5, 5.41) is 3.95. The van der Waals surface area contributed by atoms with Crippen LogP contribution in [0, 0.1) is 12.7 Å². The summed E-state index contributed by atoms with van der Waals surface area (Å²) in [4.78, 5) is 18.1. The van der Waals surface area contributed by atoms with Crippen LogP contribution in [0.5, 0.6) is 0 Å². The second-order valence-corrected chi connectivity index (χ2v) is 8.97. The zero-order valence-corrected chi connectivity index (χ0v) is 18.3. The van der Waals surface area contributed by atoms with E-state index in [-0.39, 0.29) is 11.7 Å². The van der Waals surface area contributed by atoms with Crippen molar-refractivity contribution in [2.45, 2.75) is 44.6 Å². The Balaban J connectivity index is 1.53. The summed E-state index contributed by atoms with van der Waals surface area (Å²) in [6.45, 7) is 1.88. The number of aromatic amines is 1. The summed E-state index contributed by atoms with van der Waals surface area (Å²) in [6, 6.07) is 11.1. The average molecular weight is 428 g/mol. The summed E-state index contributed by atoms with van der Waals surface area (Å²) >= 11 is 6.37. The first kappa shape index (κ1) is 20.9. The molecule has 0 saturated heterocycles. The van der Waals surface area contributed by atoms with Gasteiger partial charge in [0.1, 0.15) is 11.5 Å². The third-order valence-electron chi connectivity index (χ3n) is 6.27. The lowest BCUT2D eigenvalue weighted by atomic mass is 9.81. The van der Waals surface area contributed by atoms with Crippen LogP contribution >= 0.6 is 11.6 Å². The van der Waals surface area contributed by atoms with Crippen LogP contribution in [0.15, 0.2) is 36.4 Å². The van der Waals surface area contributed by atoms with Crippen molar-refractivity contribution in [3.05, 3.63) is 64.1 Å². The van der Waals surface area contributed by atoms with Crippen molar-refractivity contribution >= 4 is 34.1 Å². The molecule has 1 amide bonds. The fourth-order valence-electron chi connectivity index (χ4n) is 4.49. The van der Waals surface area contributed by atoms with Crippen LogP contribution in [0.4, 0.5) is 10.1 Å². The van der Waals surface area contributed by atoms with Gasteiger partial charge in [-0.05, 0) is 94.1 Å². The fraction of sp³-hybridized carbons (Fsp3) is 0.375. The van der Waals surface area contributed by atoms with Gasteiger partial charge in [-0.1, -0.05) is 17.7 Å². The number of hydrogen-bond donors (Lipinski definition) is 2. The van der Waals surface area contributed by atoms with Crippen LogP contribution < -0.4 is 5.32 Å². The van der Waals surface area contributed by atoms with Gasteiger partial charge in [0.05, 0.1) is 5.52 Å². The van der Waals surface area contributed by atoms with Crippen LogP contribution in [-0.4, -0.2) is 35.9 Å². The van der Waals surface area contributed by atoms with Crippen molar-refractivity contribution in [2.75, 3.05) is 19.4 Å². The van der Waals surface area contributed by atoms with E-state index >= 15 is 0 Å². The van der Waals surface area contributed by atoms with E-state index in [0.717, 1.165) is 36.8 Å². The Morgan fingerprint density at radius 2 is 1.87 bits per heavy atom. The van der Waals surface area contributed by atoms with E-state index in [1.807, 2.05) is 19.1 Å². The van der Waals surface area contributed by atoms with E-state index in [9.17, 15) is 9.18 Å². The SMILES string of the molecule is Cc1ccc(F)c2cc(C(=O)Nc3cc(Cl)cc([C@H]4CC[C@@H](N(C)C)CC4)c3)[nH]c12. The van der Waals surface area contributed by atoms with E-state index < -0.39 is 0 Å². The van der Waals surface area contributed by atoms with Gasteiger partial charge in [0, 0.05) is 22.1 Å². The first-order chi connectivity index (χ1) is 14.3. The molecule has 2 N–H and O–H groups in total. The number of carbonyl (C=O) groups is 1. The first-order valence-corrected chi connectivity index (χ1v) is 10.8. The minimum absolute atomic E-state index is 0.311. The molecule has 6 heteroatoms. The van der Waals surface area contributed by atoms with Gasteiger partial charge in [0.15, 0.2) is 0 Å². The van der Waals surface area contributed by atoms with Crippen LogP contribution in [-0.2, 0) is 0 Å². The number of amides is 1. The standard InChI is InChI=1S/C24H27ClFN3O/c1-14-4-9-21(26)20-13-22(28-23(14)20)24(30)27-18-11-16(10-17(25)12-18)15-5-7-19(8-6-15)29(2)3/h4,9-13,15,19,28H,5-8H2,1-3H3,(H,27,30)/t15-,19+. The second kappa shape index (κ2) is 8.40. The highest BCUT2D eigenvalue weighted by Gasteiger charge is 2.24. The van der Waals surface area contributed by atoms with Gasteiger partial charge in [-0.2, -0.15) is 0 Å². The Bertz CT molecular complexity index is 1040. The molecule has 0 aliphatic heterocycles. The van der Waals surface area contributed by atoms with Crippen LogP contribution in [0.1, 0.15) is 53.2 Å². The molecule has 1 heterocycles. The monoisotopic (exact) mass is 427 g/mol. The quantitative estimate of drug-likeness (QED) is 0.527. The van der Waals surface area contributed by atoms with E-state index in [1.54, 1.807) is 18.2 Å². The van der Waals surface area contributed by atoms with E-state index in [4.69, 9.17) is 11.6 Å². The summed E-state index contributed by atoms with van der Waals surface area (Å²) in [6.07, 6.45) is 4.53. The maximum atomic E-state index is 14.1. The predicted octanol–water partition coefficient (Wildman–Crippen LogP) is 6.11. The number of aryl methyl sites for hydroxylation is 1. The fourth-order valence-corrected chi connectivity index (χ4v) is 4.74. The Morgan fingerprint density at radius 1 is 1.13 bits per heavy atom. The summed E-state index contributed by atoms with van der Waals surface area (Å²) < 4.78 is 14.1. The van der Waals surface area contributed by atoms with Crippen molar-refractivity contribution in [3.8, 4) is 0 Å². The normalized spacial score (nSPS) is 19.4. The maximum Gasteiger partial charge on any atom is 0.272 e. The number of aromatic nitrogens is 1. The van der Waals surface area contributed by atoms with Gasteiger partial charge in [-0.25, -0.2) is 4.39 Å². The first-order valence-electron chi connectivity index (χ1n) is 10.4. The molecule has 3 aromatic rings. The van der Waals surface area contributed by atoms with Crippen molar-refractivity contribution < 1.29 is 9.18 Å². The molecular formula is C24H27ClFN3O. The molecule has 4 rings (SSSR count). The third-order valence-corrected chi connectivity index (χ3v) is 6.49. The second-order valence-electron chi connectivity index (χ2n) is 8.53. The zero-order chi connectivity index (χ0) is 21.4. The summed E-state index contributed by atoms with van der Waals surface area (Å²) in [5.41, 5.74) is 3.68. The molecule has 0 radical (unpaired) electrons. The van der Waals surface area contributed by atoms with E-state index in [2.05, 4.69) is 29.3 Å². The highest BCUT2D eigenvalue weighted by atomic mass is 35.5. The molecule has 2 aromatic carbocycles. The highest BCUT2D eigenvalue weighted by molar-refractivity contribution is 6.31. The molecule has 1 aromatic heterocycles. The number of H-pyrrole nitrogens is 1. The number of benzene rings is 2. The molecule has 1 aliphatic rings. The van der Waals surface area contributed by atoms with Crippen LogP contribution in [0.3, 0.4) is 0 Å². The average Bonchev–Trinajstić information content (AvgIpc) is 3.17. The highest BCUT2D eigenvalue weighted by Crippen LogP contribution is 2.36. The molecule has 0 atom stereocenters. The summed E-state index contributed by atoms with van der Waals surface area (Å²) in [5.74, 6) is -0.209. The molecule has 158 valence electrons. The smallest absolute Gasteiger partial charge is 0.272 e. The van der Waals surface area contributed by atoms with E-state index in [1.165, 1.54) is 6.07 Å². The van der Waals surface area contributed by atoms with Gasteiger partial charge in [-0.15, -0.1) is 0 Å². The largest absolute Gasteiger partial charge is 0.350 e. The van der Waals surface area contributed by atoms with Gasteiger partial charge < -0.3 is 15.2 Å². The molecule has 1 saturated carbocycles.